The van der Waals surface area contributed by atoms with Crippen molar-refractivity contribution in [3.63, 3.8) is 0 Å². The van der Waals surface area contributed by atoms with Crippen LogP contribution in [0.1, 0.15) is 83.6 Å². The van der Waals surface area contributed by atoms with Crippen molar-refractivity contribution in [2.75, 3.05) is 5.32 Å². The van der Waals surface area contributed by atoms with Crippen LogP contribution in [0.25, 0.3) is 5.69 Å². The minimum Gasteiger partial charge on any atom is -0.756 e. The summed E-state index contributed by atoms with van der Waals surface area (Å²) in [4.78, 5) is 45.1. The van der Waals surface area contributed by atoms with E-state index in [0.717, 1.165) is 34.6 Å². The molecule has 0 spiro atoms. The van der Waals surface area contributed by atoms with E-state index in [0.29, 0.717) is 43.4 Å². The van der Waals surface area contributed by atoms with Crippen molar-refractivity contribution in [3.8, 4) is 5.69 Å². The third-order valence-electron chi connectivity index (χ3n) is 7.22. The Balaban J connectivity index is 0.00000361. The molecule has 9 nitrogen and oxygen atoms in total. The maximum absolute atomic E-state index is 13.0. The Hall–Kier alpha value is -1.45. The molecule has 1 unspecified atom stereocenters. The zero-order chi connectivity index (χ0) is 25.7. The average Bonchev–Trinajstić information content (AvgIpc) is 2.97. The number of nitrogens with zero attached hydrogens (tertiary/aromatic N) is 1. The molecule has 1 saturated carbocycles. The molecule has 1 atom stereocenters. The van der Waals surface area contributed by atoms with Gasteiger partial charge in [-0.05, 0) is 75.1 Å². The Morgan fingerprint density at radius 3 is 2.44 bits per heavy atom. The maximum Gasteiger partial charge on any atom is 1.00 e. The number of rotatable bonds is 6. The van der Waals surface area contributed by atoms with Crippen LogP contribution in [-0.4, -0.2) is 33.3 Å². The van der Waals surface area contributed by atoms with Crippen LogP contribution in [-0.2, 0) is 15.5 Å². The van der Waals surface area contributed by atoms with Gasteiger partial charge in [0.15, 0.2) is 5.78 Å². The Morgan fingerprint density at radius 1 is 1.22 bits per heavy atom. The van der Waals surface area contributed by atoms with Crippen LogP contribution >= 0.6 is 7.82 Å². The van der Waals surface area contributed by atoms with E-state index in [4.69, 9.17) is 15.2 Å². The quantitative estimate of drug-likeness (QED) is 0.369. The number of phosphoric acid groups is 1. The van der Waals surface area contributed by atoms with E-state index in [-0.39, 0.29) is 46.8 Å². The Labute approximate surface area is 233 Å². The second-order valence-electron chi connectivity index (χ2n) is 10.6. The molecule has 1 heterocycles. The molecule has 0 radical (unpaired) electrons. The standard InChI is InChI=1S/C25H34N3O6P.Na/c1-14-15(2)28(21-12-25(3,4)13-22(29)23(14)21)17-7-10-19(24(26)30)20(11-17)27-16-5-8-18(9-6-16)34-35(31,32)33;/h7,10-11,16,18,27H,5-6,8-9,12-13H2,1-4H3,(H2,26,30)(H2,31,32,33);/q;+1/p-1/t16-,18-;. The normalized spacial score (nSPS) is 22.8. The molecule has 1 amide bonds. The molecule has 0 saturated heterocycles. The fourth-order valence-electron chi connectivity index (χ4n) is 5.53. The molecule has 2 aromatic rings. The molecule has 36 heavy (non-hydrogen) atoms. The number of aromatic nitrogens is 1. The van der Waals surface area contributed by atoms with Crippen LogP contribution in [0.15, 0.2) is 18.2 Å². The smallest absolute Gasteiger partial charge is 0.756 e. The van der Waals surface area contributed by atoms with E-state index in [1.165, 1.54) is 0 Å². The summed E-state index contributed by atoms with van der Waals surface area (Å²) in [6.45, 7) is 8.18. The van der Waals surface area contributed by atoms with Crippen molar-refractivity contribution in [2.45, 2.75) is 78.4 Å². The van der Waals surface area contributed by atoms with Crippen LogP contribution in [0.3, 0.4) is 0 Å². The molecule has 1 aromatic carbocycles. The summed E-state index contributed by atoms with van der Waals surface area (Å²) < 4.78 is 17.9. The minimum absolute atomic E-state index is 0. The Bertz CT molecular complexity index is 1230. The number of Topliss-reactive ketones (excluding diaryl/α,β-unsaturated/α-hetero) is 1. The van der Waals surface area contributed by atoms with Crippen molar-refractivity contribution in [2.24, 2.45) is 11.1 Å². The molecule has 4 rings (SSSR count). The zero-order valence-electron chi connectivity index (χ0n) is 21.6. The van der Waals surface area contributed by atoms with Crippen LogP contribution in [0.2, 0.25) is 0 Å². The largest absolute Gasteiger partial charge is 1.00 e. The number of ketones is 1. The zero-order valence-corrected chi connectivity index (χ0v) is 24.5. The van der Waals surface area contributed by atoms with Gasteiger partial charge in [0.1, 0.15) is 0 Å². The van der Waals surface area contributed by atoms with E-state index >= 15 is 0 Å². The van der Waals surface area contributed by atoms with Crippen molar-refractivity contribution in [1.29, 1.82) is 0 Å². The van der Waals surface area contributed by atoms with E-state index in [9.17, 15) is 19.0 Å². The number of fused-ring (bicyclic) bond motifs is 1. The molecule has 190 valence electrons. The van der Waals surface area contributed by atoms with Gasteiger partial charge in [-0.1, -0.05) is 13.8 Å². The first-order valence-corrected chi connectivity index (χ1v) is 13.4. The van der Waals surface area contributed by atoms with Crippen molar-refractivity contribution >= 4 is 25.2 Å². The summed E-state index contributed by atoms with van der Waals surface area (Å²) in [5.41, 5.74) is 11.1. The molecule has 0 bridgehead atoms. The summed E-state index contributed by atoms with van der Waals surface area (Å²) in [7, 11) is -4.77. The van der Waals surface area contributed by atoms with Gasteiger partial charge in [-0.15, -0.1) is 0 Å². The van der Waals surface area contributed by atoms with Gasteiger partial charge in [-0.2, -0.15) is 0 Å². The first-order valence-electron chi connectivity index (χ1n) is 11.9. The Morgan fingerprint density at radius 2 is 1.86 bits per heavy atom. The maximum atomic E-state index is 13.0. The first kappa shape index (κ1) is 29.1. The number of nitrogens with one attached hydrogen (secondary N) is 1. The SMILES string of the molecule is Cc1c2c(n(-c3ccc(C(N)=O)c(N[C@H]4CC[C@H](OP(=O)([O-])O)CC4)c3)c1C)CC(C)(C)CC2=O.[Na+]. The molecular formula is C25H33N3NaO6P. The molecule has 1 fully saturated rings. The van der Waals surface area contributed by atoms with E-state index in [1.54, 1.807) is 6.07 Å². The van der Waals surface area contributed by atoms with Crippen molar-refractivity contribution < 1.29 is 58.0 Å². The van der Waals surface area contributed by atoms with Crippen LogP contribution in [0, 0.1) is 19.3 Å². The van der Waals surface area contributed by atoms with Crippen molar-refractivity contribution in [3.05, 3.63) is 46.3 Å². The summed E-state index contributed by atoms with van der Waals surface area (Å²) in [6.07, 6.45) is 2.85. The molecule has 2 aliphatic rings. The molecular weight excluding hydrogens is 492 g/mol. The van der Waals surface area contributed by atoms with Crippen LogP contribution < -0.4 is 45.5 Å². The number of carbonyl (C=O) groups is 2. The molecule has 0 aliphatic heterocycles. The van der Waals surface area contributed by atoms with Gasteiger partial charge < -0.3 is 29.9 Å². The molecule has 11 heteroatoms. The second-order valence-corrected chi connectivity index (χ2v) is 11.7. The number of nitrogens with two attached hydrogens (primary N) is 1. The van der Waals surface area contributed by atoms with Gasteiger partial charge in [0.25, 0.3) is 13.7 Å². The van der Waals surface area contributed by atoms with Crippen molar-refractivity contribution in [1.82, 2.24) is 4.57 Å². The number of primary amides is 1. The summed E-state index contributed by atoms with van der Waals surface area (Å²) in [5.74, 6) is -0.394. The van der Waals surface area contributed by atoms with E-state index < -0.39 is 19.8 Å². The third-order valence-corrected chi connectivity index (χ3v) is 7.78. The molecule has 2 aliphatic carbocycles. The fourth-order valence-corrected chi connectivity index (χ4v) is 6.12. The fraction of sp³-hybridized carbons (Fsp3) is 0.520. The van der Waals surface area contributed by atoms with E-state index in [2.05, 4.69) is 23.7 Å². The monoisotopic (exact) mass is 525 g/mol. The predicted molar refractivity (Wildman–Crippen MR) is 131 cm³/mol. The van der Waals surface area contributed by atoms with Gasteiger partial charge >= 0.3 is 29.6 Å². The number of amides is 1. The number of hydrogen-bond acceptors (Lipinski definition) is 6. The van der Waals surface area contributed by atoms with E-state index in [1.807, 2.05) is 26.0 Å². The number of carbonyl (C=O) groups excluding carboxylic acids is 2. The topological polar surface area (TPSA) is 147 Å². The van der Waals surface area contributed by atoms with Gasteiger partial charge in [-0.3, -0.25) is 14.2 Å². The summed E-state index contributed by atoms with van der Waals surface area (Å²) in [5, 5.41) is 3.41. The number of phosphoric ester groups is 1. The van der Waals surface area contributed by atoms with Gasteiger partial charge in [0.05, 0.1) is 11.7 Å². The summed E-state index contributed by atoms with van der Waals surface area (Å²) in [6, 6.07) is 5.42. The second kappa shape index (κ2) is 10.7. The van der Waals surface area contributed by atoms with Gasteiger partial charge in [-0.25, -0.2) is 0 Å². The molecule has 4 N–H and O–H groups in total. The van der Waals surface area contributed by atoms with Gasteiger partial charge in [0, 0.05) is 40.8 Å². The predicted octanol–water partition coefficient (Wildman–Crippen LogP) is 0.553. The Kier molecular flexibility index (Phi) is 8.68. The number of benzene rings is 1. The minimum atomic E-state index is -4.77. The van der Waals surface area contributed by atoms with Gasteiger partial charge in [0.2, 0.25) is 0 Å². The molecule has 1 aromatic heterocycles. The number of anilines is 1. The first-order chi connectivity index (χ1) is 16.3. The number of hydrogen-bond donors (Lipinski definition) is 3. The van der Waals surface area contributed by atoms with Crippen LogP contribution in [0.5, 0.6) is 0 Å². The summed E-state index contributed by atoms with van der Waals surface area (Å²) >= 11 is 0. The average molecular weight is 526 g/mol. The van der Waals surface area contributed by atoms with Crippen LogP contribution in [0.4, 0.5) is 5.69 Å². The third kappa shape index (κ3) is 6.16.